The molecular formula is C22H16N4. The molecule has 2 heterocycles. The molecule has 4 nitrogen and oxygen atoms in total. The second-order valence-corrected chi connectivity index (χ2v) is 6.30. The molecule has 0 fully saturated rings. The molecule has 1 aliphatic heterocycles. The van der Waals surface area contributed by atoms with Crippen molar-refractivity contribution in [1.82, 2.24) is 4.57 Å². The van der Waals surface area contributed by atoms with Crippen molar-refractivity contribution in [3.8, 4) is 5.69 Å². The van der Waals surface area contributed by atoms with Crippen molar-refractivity contribution in [2.45, 2.75) is 0 Å². The van der Waals surface area contributed by atoms with Crippen LogP contribution in [0.1, 0.15) is 5.69 Å². The number of nitrogens with two attached hydrogens (primary N) is 1. The van der Waals surface area contributed by atoms with Gasteiger partial charge in [0.1, 0.15) is 0 Å². The predicted molar refractivity (Wildman–Crippen MR) is 105 cm³/mol. The first-order valence-electron chi connectivity index (χ1n) is 8.47. The highest BCUT2D eigenvalue weighted by Gasteiger charge is 2.24. The number of anilines is 1. The van der Waals surface area contributed by atoms with E-state index in [1.54, 1.807) is 0 Å². The summed E-state index contributed by atoms with van der Waals surface area (Å²) in [5.74, 6) is 0.248. The number of nitrogens with zero attached hydrogens (tertiary/aromatic N) is 2. The maximum absolute atomic E-state index is 8.49. The first-order chi connectivity index (χ1) is 12.8. The zero-order valence-corrected chi connectivity index (χ0v) is 14.0. The number of hydrogen-bond donors (Lipinski definition) is 2. The molecule has 26 heavy (non-hydrogen) atoms. The highest BCUT2D eigenvalue weighted by Crippen LogP contribution is 2.35. The molecule has 124 valence electrons. The van der Waals surface area contributed by atoms with Crippen molar-refractivity contribution in [2.75, 3.05) is 5.73 Å². The van der Waals surface area contributed by atoms with E-state index in [1.807, 2.05) is 60.7 Å². The zero-order valence-electron chi connectivity index (χ0n) is 14.0. The standard InChI is InChI=1S/C22H16N4/c23-20-16-11-5-7-13-18(16)26(14-8-2-1-3-9-14)21(20)19-15-10-4-6-12-17(15)25-22(19)24/h1-13,24H,23H2. The Hall–Kier alpha value is -3.66. The van der Waals surface area contributed by atoms with Gasteiger partial charge in [0.2, 0.25) is 0 Å². The van der Waals surface area contributed by atoms with Crippen LogP contribution >= 0.6 is 0 Å². The third kappa shape index (κ3) is 1.96. The Morgan fingerprint density at radius 2 is 1.50 bits per heavy atom. The van der Waals surface area contributed by atoms with E-state index in [-0.39, 0.29) is 5.84 Å². The van der Waals surface area contributed by atoms with E-state index in [2.05, 4.69) is 27.8 Å². The van der Waals surface area contributed by atoms with Crippen LogP contribution in [0, 0.1) is 5.41 Å². The van der Waals surface area contributed by atoms with Gasteiger partial charge in [0.25, 0.3) is 0 Å². The van der Waals surface area contributed by atoms with Gasteiger partial charge in [0.15, 0.2) is 5.84 Å². The Kier molecular flexibility index (Phi) is 3.06. The van der Waals surface area contributed by atoms with E-state index in [0.29, 0.717) is 5.69 Å². The summed E-state index contributed by atoms with van der Waals surface area (Å²) in [4.78, 5) is 4.43. The van der Waals surface area contributed by atoms with Gasteiger partial charge in [0.05, 0.1) is 27.8 Å². The number of rotatable bonds is 2. The van der Waals surface area contributed by atoms with Gasteiger partial charge in [-0.3, -0.25) is 5.41 Å². The minimum atomic E-state index is 0.248. The SMILES string of the molecule is N=C1N=c2ccccc2=C1c1c(N)c2ccccc2n1-c1ccccc1. The number of para-hydroxylation sites is 3. The second kappa shape index (κ2) is 5.43. The Morgan fingerprint density at radius 1 is 0.808 bits per heavy atom. The van der Waals surface area contributed by atoms with Crippen molar-refractivity contribution < 1.29 is 0 Å². The average molecular weight is 336 g/mol. The molecular weight excluding hydrogens is 320 g/mol. The monoisotopic (exact) mass is 336 g/mol. The summed E-state index contributed by atoms with van der Waals surface area (Å²) in [6.45, 7) is 0. The fourth-order valence-corrected chi connectivity index (χ4v) is 3.68. The average Bonchev–Trinajstić information content (AvgIpc) is 3.16. The number of benzene rings is 3. The minimum Gasteiger partial charge on any atom is -0.396 e. The van der Waals surface area contributed by atoms with E-state index < -0.39 is 0 Å². The number of fused-ring (bicyclic) bond motifs is 2. The molecule has 4 heteroatoms. The second-order valence-electron chi connectivity index (χ2n) is 6.30. The first-order valence-corrected chi connectivity index (χ1v) is 8.47. The Labute approximate surface area is 150 Å². The van der Waals surface area contributed by atoms with E-state index in [9.17, 15) is 0 Å². The topological polar surface area (TPSA) is 67.2 Å². The number of nitrogens with one attached hydrogen (secondary N) is 1. The summed E-state index contributed by atoms with van der Waals surface area (Å²) >= 11 is 0. The van der Waals surface area contributed by atoms with Crippen LogP contribution in [0.4, 0.5) is 5.69 Å². The molecule has 0 spiro atoms. The van der Waals surface area contributed by atoms with Gasteiger partial charge in [-0.15, -0.1) is 0 Å². The summed E-state index contributed by atoms with van der Waals surface area (Å²) in [6, 6.07) is 26.0. The molecule has 3 aromatic carbocycles. The van der Waals surface area contributed by atoms with Crippen molar-refractivity contribution in [2.24, 2.45) is 4.99 Å². The fraction of sp³-hybridized carbons (Fsp3) is 0. The highest BCUT2D eigenvalue weighted by atomic mass is 15.0. The van der Waals surface area contributed by atoms with Crippen LogP contribution in [-0.4, -0.2) is 10.4 Å². The van der Waals surface area contributed by atoms with Crippen molar-refractivity contribution in [3.63, 3.8) is 0 Å². The Bertz CT molecular complexity index is 1300. The van der Waals surface area contributed by atoms with Gasteiger partial charge in [-0.1, -0.05) is 54.6 Å². The summed E-state index contributed by atoms with van der Waals surface area (Å²) in [5.41, 5.74) is 10.9. The number of hydrogen-bond acceptors (Lipinski definition) is 2. The lowest BCUT2D eigenvalue weighted by molar-refractivity contribution is 1.10. The van der Waals surface area contributed by atoms with Crippen LogP contribution in [0.2, 0.25) is 0 Å². The molecule has 0 saturated carbocycles. The predicted octanol–water partition coefficient (Wildman–Crippen LogP) is 3.02. The van der Waals surface area contributed by atoms with Gasteiger partial charge < -0.3 is 10.3 Å². The van der Waals surface area contributed by atoms with Crippen LogP contribution in [0.3, 0.4) is 0 Å². The highest BCUT2D eigenvalue weighted by molar-refractivity contribution is 6.25. The van der Waals surface area contributed by atoms with Crippen LogP contribution in [0.15, 0.2) is 83.9 Å². The van der Waals surface area contributed by atoms with Crippen LogP contribution in [0.25, 0.3) is 22.2 Å². The zero-order chi connectivity index (χ0) is 17.7. The number of aromatic nitrogens is 1. The molecule has 1 aliphatic rings. The fourth-order valence-electron chi connectivity index (χ4n) is 3.68. The van der Waals surface area contributed by atoms with E-state index in [0.717, 1.165) is 38.4 Å². The third-order valence-electron chi connectivity index (χ3n) is 4.81. The molecule has 5 rings (SSSR count). The smallest absolute Gasteiger partial charge is 0.155 e. The molecule has 4 aromatic rings. The van der Waals surface area contributed by atoms with Crippen LogP contribution < -0.4 is 16.3 Å². The normalized spacial score (nSPS) is 13.1. The van der Waals surface area contributed by atoms with E-state index in [4.69, 9.17) is 11.1 Å². The Balaban J connectivity index is 1.99. The molecule has 0 unspecified atom stereocenters. The minimum absolute atomic E-state index is 0.248. The lowest BCUT2D eigenvalue weighted by atomic mass is 10.1. The maximum atomic E-state index is 8.49. The molecule has 0 aliphatic carbocycles. The summed E-state index contributed by atoms with van der Waals surface area (Å²) in [5, 5.41) is 11.2. The van der Waals surface area contributed by atoms with Gasteiger partial charge in [-0.2, -0.15) is 0 Å². The van der Waals surface area contributed by atoms with Crippen LogP contribution in [-0.2, 0) is 0 Å². The molecule has 0 bridgehead atoms. The summed E-state index contributed by atoms with van der Waals surface area (Å²) < 4.78 is 2.13. The van der Waals surface area contributed by atoms with E-state index in [1.165, 1.54) is 0 Å². The van der Waals surface area contributed by atoms with Crippen molar-refractivity contribution in [1.29, 1.82) is 5.41 Å². The largest absolute Gasteiger partial charge is 0.396 e. The van der Waals surface area contributed by atoms with Gasteiger partial charge in [-0.05, 0) is 24.3 Å². The van der Waals surface area contributed by atoms with Crippen molar-refractivity contribution in [3.05, 3.63) is 95.1 Å². The van der Waals surface area contributed by atoms with Gasteiger partial charge in [-0.25, -0.2) is 4.99 Å². The first kappa shape index (κ1) is 14.7. The number of nitrogen functional groups attached to an aromatic ring is 1. The summed E-state index contributed by atoms with van der Waals surface area (Å²) in [6.07, 6.45) is 0. The molecule has 0 saturated heterocycles. The lowest BCUT2D eigenvalue weighted by Gasteiger charge is -2.12. The van der Waals surface area contributed by atoms with Crippen molar-refractivity contribution >= 4 is 28.0 Å². The van der Waals surface area contributed by atoms with Gasteiger partial charge >= 0.3 is 0 Å². The number of amidine groups is 1. The Morgan fingerprint density at radius 3 is 2.35 bits per heavy atom. The molecule has 3 N–H and O–H groups in total. The van der Waals surface area contributed by atoms with Gasteiger partial charge in [0, 0.05) is 16.3 Å². The lowest BCUT2D eigenvalue weighted by Crippen LogP contribution is -2.23. The molecule has 1 aromatic heterocycles. The molecule has 0 radical (unpaired) electrons. The molecule has 0 atom stereocenters. The third-order valence-corrected chi connectivity index (χ3v) is 4.81. The van der Waals surface area contributed by atoms with E-state index >= 15 is 0 Å². The maximum Gasteiger partial charge on any atom is 0.155 e. The van der Waals surface area contributed by atoms with Crippen LogP contribution in [0.5, 0.6) is 0 Å². The molecule has 0 amide bonds. The summed E-state index contributed by atoms with van der Waals surface area (Å²) in [7, 11) is 0. The quantitative estimate of drug-likeness (QED) is 0.580.